The Kier molecular flexibility index (Phi) is 2.63. The van der Waals surface area contributed by atoms with Crippen LogP contribution in [0.2, 0.25) is 0 Å². The first-order valence-electron chi connectivity index (χ1n) is 4.34. The summed E-state index contributed by atoms with van der Waals surface area (Å²) in [7, 11) is -7.94. The molecule has 5 N–H and O–H groups in total. The minimum absolute atomic E-state index is 0.101. The van der Waals surface area contributed by atoms with E-state index in [1.165, 1.54) is 6.07 Å². The van der Waals surface area contributed by atoms with Crippen molar-refractivity contribution in [1.29, 1.82) is 0 Å². The first-order chi connectivity index (χ1) is 7.70. The molecule has 0 radical (unpaired) electrons. The highest BCUT2D eigenvalue weighted by atomic mass is 32.2. The fourth-order valence-electron chi connectivity index (χ4n) is 1.41. The molecular formula is C7H9N3O5S2. The van der Waals surface area contributed by atoms with Gasteiger partial charge in [0.05, 0.1) is 10.6 Å². The number of hydrogen-bond donors (Lipinski definition) is 4. The molecule has 17 heavy (non-hydrogen) atoms. The quantitative estimate of drug-likeness (QED) is 0.484. The molecule has 0 saturated carbocycles. The molecule has 0 bridgehead atoms. The van der Waals surface area contributed by atoms with E-state index in [2.05, 4.69) is 5.32 Å². The van der Waals surface area contributed by atoms with Gasteiger partial charge in [0.15, 0.2) is 6.35 Å². The molecule has 0 spiro atoms. The largest absolute Gasteiger partial charge is 0.360 e. The molecule has 1 atom stereocenters. The number of aliphatic hydroxyl groups is 1. The van der Waals surface area contributed by atoms with E-state index in [0.29, 0.717) is 0 Å². The lowest BCUT2D eigenvalue weighted by atomic mass is 10.3. The van der Waals surface area contributed by atoms with Gasteiger partial charge in [-0.05, 0) is 18.2 Å². The summed E-state index contributed by atoms with van der Waals surface area (Å²) in [6, 6.07) is 3.29. The molecule has 0 aromatic heterocycles. The molecule has 1 aliphatic rings. The minimum Gasteiger partial charge on any atom is -0.360 e. The van der Waals surface area contributed by atoms with Crippen molar-refractivity contribution in [2.75, 3.05) is 5.32 Å². The second-order valence-corrected chi connectivity index (χ2v) is 6.61. The summed E-state index contributed by atoms with van der Waals surface area (Å²) in [6.45, 7) is 0. The van der Waals surface area contributed by atoms with Gasteiger partial charge in [-0.15, -0.1) is 0 Å². The van der Waals surface area contributed by atoms with Gasteiger partial charge in [0.2, 0.25) is 20.0 Å². The summed E-state index contributed by atoms with van der Waals surface area (Å²) < 4.78 is 47.3. The van der Waals surface area contributed by atoms with Crippen molar-refractivity contribution in [2.45, 2.75) is 16.1 Å². The number of rotatable bonds is 1. The Balaban J connectivity index is 2.68. The van der Waals surface area contributed by atoms with Crippen LogP contribution in [-0.4, -0.2) is 28.3 Å². The predicted molar refractivity (Wildman–Crippen MR) is 57.8 cm³/mol. The standard InChI is InChI=1S/C7H9N3O5S2/c8-16(12,13)4-1-2-5-6(3-4)17(14,15)10-7(11)9-5/h1-3,7,9-11H,(H2,8,12,13). The van der Waals surface area contributed by atoms with E-state index < -0.39 is 26.4 Å². The van der Waals surface area contributed by atoms with E-state index in [9.17, 15) is 21.9 Å². The van der Waals surface area contributed by atoms with E-state index in [-0.39, 0.29) is 15.5 Å². The van der Waals surface area contributed by atoms with Crippen molar-refractivity contribution in [3.63, 3.8) is 0 Å². The van der Waals surface area contributed by atoms with E-state index in [4.69, 9.17) is 5.14 Å². The van der Waals surface area contributed by atoms with Gasteiger partial charge >= 0.3 is 0 Å². The molecule has 1 aromatic rings. The number of aliphatic hydroxyl groups excluding tert-OH is 1. The Morgan fingerprint density at radius 2 is 2.00 bits per heavy atom. The third-order valence-electron chi connectivity index (χ3n) is 2.13. The number of nitrogens with two attached hydrogens (primary N) is 1. The van der Waals surface area contributed by atoms with Gasteiger partial charge in [-0.25, -0.2) is 22.0 Å². The van der Waals surface area contributed by atoms with Crippen LogP contribution in [0.1, 0.15) is 0 Å². The Hall–Kier alpha value is -1.20. The second-order valence-electron chi connectivity index (χ2n) is 3.37. The van der Waals surface area contributed by atoms with Gasteiger partial charge < -0.3 is 10.4 Å². The molecule has 0 aliphatic carbocycles. The number of hydrogen-bond acceptors (Lipinski definition) is 6. The highest BCUT2D eigenvalue weighted by Crippen LogP contribution is 2.27. The smallest absolute Gasteiger partial charge is 0.246 e. The zero-order chi connectivity index (χ0) is 12.8. The summed E-state index contributed by atoms with van der Waals surface area (Å²) in [6.07, 6.45) is -1.45. The third-order valence-corrected chi connectivity index (χ3v) is 4.49. The lowest BCUT2D eigenvalue weighted by Crippen LogP contribution is -2.44. The fraction of sp³-hybridized carbons (Fsp3) is 0.143. The number of nitrogens with one attached hydrogen (secondary N) is 2. The van der Waals surface area contributed by atoms with Crippen LogP contribution in [0.5, 0.6) is 0 Å². The first-order valence-corrected chi connectivity index (χ1v) is 7.37. The first kappa shape index (κ1) is 12.3. The molecule has 1 unspecified atom stereocenters. The second kappa shape index (κ2) is 3.65. The van der Waals surface area contributed by atoms with Crippen molar-refractivity contribution < 1.29 is 21.9 Å². The average molecular weight is 279 g/mol. The molecule has 0 fully saturated rings. The van der Waals surface area contributed by atoms with Crippen molar-refractivity contribution >= 4 is 25.7 Å². The van der Waals surface area contributed by atoms with Gasteiger partial charge in [-0.3, -0.25) is 0 Å². The summed E-state index contributed by atoms with van der Waals surface area (Å²) in [5.74, 6) is 0. The van der Waals surface area contributed by atoms with Crippen molar-refractivity contribution in [3.8, 4) is 0 Å². The maximum Gasteiger partial charge on any atom is 0.246 e. The predicted octanol–water partition coefficient (Wildman–Crippen LogP) is -1.69. The molecule has 1 aliphatic heterocycles. The molecule has 10 heteroatoms. The Morgan fingerprint density at radius 3 is 2.59 bits per heavy atom. The molecule has 8 nitrogen and oxygen atoms in total. The van der Waals surface area contributed by atoms with Crippen LogP contribution in [0.25, 0.3) is 0 Å². The van der Waals surface area contributed by atoms with Crippen LogP contribution in [0, 0.1) is 0 Å². The van der Waals surface area contributed by atoms with Crippen LogP contribution >= 0.6 is 0 Å². The molecule has 1 heterocycles. The lowest BCUT2D eigenvalue weighted by Gasteiger charge is -2.24. The molecule has 1 aromatic carbocycles. The van der Waals surface area contributed by atoms with Gasteiger partial charge in [0, 0.05) is 0 Å². The van der Waals surface area contributed by atoms with E-state index >= 15 is 0 Å². The van der Waals surface area contributed by atoms with Gasteiger partial charge in [-0.2, -0.15) is 4.72 Å². The summed E-state index contributed by atoms with van der Waals surface area (Å²) in [5.41, 5.74) is 0.101. The Morgan fingerprint density at radius 1 is 1.35 bits per heavy atom. The van der Waals surface area contributed by atoms with Gasteiger partial charge in [-0.1, -0.05) is 0 Å². The van der Waals surface area contributed by atoms with E-state index in [0.717, 1.165) is 12.1 Å². The van der Waals surface area contributed by atoms with Crippen LogP contribution in [0.3, 0.4) is 0 Å². The molecule has 0 amide bonds. The van der Waals surface area contributed by atoms with Crippen molar-refractivity contribution in [1.82, 2.24) is 4.72 Å². The van der Waals surface area contributed by atoms with Crippen molar-refractivity contribution in [2.24, 2.45) is 5.14 Å². The minimum atomic E-state index is -3.98. The average Bonchev–Trinajstić information content (AvgIpc) is 2.13. The number of primary sulfonamides is 1. The maximum atomic E-state index is 11.6. The zero-order valence-corrected chi connectivity index (χ0v) is 9.92. The SMILES string of the molecule is NS(=O)(=O)c1ccc2c(c1)S(=O)(=O)NC(O)N2. The maximum absolute atomic E-state index is 11.6. The summed E-state index contributed by atoms with van der Waals surface area (Å²) >= 11 is 0. The normalized spacial score (nSPS) is 22.6. The highest BCUT2D eigenvalue weighted by Gasteiger charge is 2.29. The van der Waals surface area contributed by atoms with Gasteiger partial charge in [0.1, 0.15) is 4.90 Å². The zero-order valence-electron chi connectivity index (χ0n) is 8.28. The molecule has 94 valence electrons. The Labute approximate surface area is 97.5 Å². The third kappa shape index (κ3) is 2.25. The molecule has 2 rings (SSSR count). The Bertz CT molecular complexity index is 667. The van der Waals surface area contributed by atoms with E-state index in [1.54, 1.807) is 0 Å². The topological polar surface area (TPSA) is 139 Å². The van der Waals surface area contributed by atoms with E-state index in [1.807, 2.05) is 4.72 Å². The number of anilines is 1. The molecular weight excluding hydrogens is 270 g/mol. The number of fused-ring (bicyclic) bond motifs is 1. The van der Waals surface area contributed by atoms with Crippen LogP contribution in [0.15, 0.2) is 28.0 Å². The van der Waals surface area contributed by atoms with Crippen molar-refractivity contribution in [3.05, 3.63) is 18.2 Å². The number of sulfonamides is 2. The lowest BCUT2D eigenvalue weighted by molar-refractivity contribution is 0.190. The highest BCUT2D eigenvalue weighted by molar-refractivity contribution is 7.90. The van der Waals surface area contributed by atoms with Crippen LogP contribution in [0.4, 0.5) is 5.69 Å². The van der Waals surface area contributed by atoms with Crippen LogP contribution < -0.4 is 15.2 Å². The summed E-state index contributed by atoms with van der Waals surface area (Å²) in [5, 5.41) is 16.5. The van der Waals surface area contributed by atoms with Crippen LogP contribution in [-0.2, 0) is 20.0 Å². The fourth-order valence-corrected chi connectivity index (χ4v) is 3.20. The molecule has 0 saturated heterocycles. The monoisotopic (exact) mass is 279 g/mol. The summed E-state index contributed by atoms with van der Waals surface area (Å²) in [4.78, 5) is -0.603. The van der Waals surface area contributed by atoms with Gasteiger partial charge in [0.25, 0.3) is 0 Å². The number of benzene rings is 1.